The number of hydrogen-bond acceptors (Lipinski definition) is 5. The molecule has 3 rings (SSSR count). The fourth-order valence-electron chi connectivity index (χ4n) is 4.73. The second-order valence-electron chi connectivity index (χ2n) is 8.48. The van der Waals surface area contributed by atoms with E-state index in [1.165, 1.54) is 6.42 Å². The number of hydrogen-bond donors (Lipinski definition) is 2. The van der Waals surface area contributed by atoms with Crippen LogP contribution >= 0.6 is 0 Å². The molecule has 1 heterocycles. The van der Waals surface area contributed by atoms with Gasteiger partial charge in [0.15, 0.2) is 0 Å². The van der Waals surface area contributed by atoms with E-state index in [2.05, 4.69) is 17.9 Å². The molecule has 4 N–H and O–H groups in total. The Balaban J connectivity index is 2.02. The molecule has 2 atom stereocenters. The predicted octanol–water partition coefficient (Wildman–Crippen LogP) is 4.59. The van der Waals surface area contributed by atoms with Crippen molar-refractivity contribution in [2.24, 2.45) is 5.73 Å². The van der Waals surface area contributed by atoms with E-state index >= 15 is 0 Å². The zero-order valence-electron chi connectivity index (χ0n) is 19.2. The Morgan fingerprint density at radius 1 is 1.03 bits per heavy atom. The largest absolute Gasteiger partial charge is 0.462 e. The van der Waals surface area contributed by atoms with E-state index < -0.39 is 5.92 Å². The molecule has 172 valence electrons. The number of ether oxygens (including phenoxy) is 1. The smallest absolute Gasteiger partial charge is 0.338 e. The van der Waals surface area contributed by atoms with Gasteiger partial charge in [0.1, 0.15) is 0 Å². The molecule has 0 aromatic heterocycles. The number of anilines is 2. The molecule has 2 aromatic rings. The summed E-state index contributed by atoms with van der Waals surface area (Å²) in [5, 5.41) is 0. The fraction of sp³-hybridized carbons (Fsp3) is 0.462. The van der Waals surface area contributed by atoms with Crippen molar-refractivity contribution in [2.45, 2.75) is 57.8 Å². The third-order valence-electron chi connectivity index (χ3n) is 6.24. The van der Waals surface area contributed by atoms with Gasteiger partial charge in [-0.1, -0.05) is 31.5 Å². The molecule has 1 amide bonds. The van der Waals surface area contributed by atoms with E-state index in [9.17, 15) is 9.59 Å². The third-order valence-corrected chi connectivity index (χ3v) is 6.24. The summed E-state index contributed by atoms with van der Waals surface area (Å²) in [6.45, 7) is 6.19. The Labute approximate surface area is 190 Å². The Hall–Kier alpha value is -3.02. The van der Waals surface area contributed by atoms with Crippen molar-refractivity contribution in [1.29, 1.82) is 0 Å². The van der Waals surface area contributed by atoms with Gasteiger partial charge in [0.05, 0.1) is 18.1 Å². The first-order valence-corrected chi connectivity index (χ1v) is 11.7. The molecule has 0 spiro atoms. The van der Waals surface area contributed by atoms with Crippen LogP contribution in [0.3, 0.4) is 0 Å². The van der Waals surface area contributed by atoms with E-state index in [1.54, 1.807) is 19.1 Å². The summed E-state index contributed by atoms with van der Waals surface area (Å²) in [6.07, 6.45) is 5.28. The second kappa shape index (κ2) is 11.0. The van der Waals surface area contributed by atoms with Crippen LogP contribution in [-0.4, -0.2) is 31.6 Å². The lowest BCUT2D eigenvalue weighted by molar-refractivity contribution is -0.120. The lowest BCUT2D eigenvalue weighted by atomic mass is 9.77. The van der Waals surface area contributed by atoms with Crippen LogP contribution in [0.1, 0.15) is 79.3 Å². The van der Waals surface area contributed by atoms with Crippen molar-refractivity contribution in [3.8, 4) is 0 Å². The van der Waals surface area contributed by atoms with Crippen LogP contribution in [0.25, 0.3) is 0 Å². The molecule has 0 saturated carbocycles. The van der Waals surface area contributed by atoms with E-state index in [0.717, 1.165) is 61.3 Å². The normalized spacial score (nSPS) is 15.8. The van der Waals surface area contributed by atoms with E-state index in [0.29, 0.717) is 12.2 Å². The molecule has 32 heavy (non-hydrogen) atoms. The maximum Gasteiger partial charge on any atom is 0.338 e. The van der Waals surface area contributed by atoms with Gasteiger partial charge in [0.25, 0.3) is 0 Å². The van der Waals surface area contributed by atoms with Crippen molar-refractivity contribution in [3.63, 3.8) is 0 Å². The number of nitrogen functional groups attached to an aromatic ring is 1. The fourth-order valence-corrected chi connectivity index (χ4v) is 4.73. The van der Waals surface area contributed by atoms with Crippen LogP contribution in [0.5, 0.6) is 0 Å². The van der Waals surface area contributed by atoms with Crippen molar-refractivity contribution >= 4 is 23.3 Å². The monoisotopic (exact) mass is 437 g/mol. The number of nitrogens with two attached hydrogens (primary N) is 2. The highest BCUT2D eigenvalue weighted by atomic mass is 16.5. The van der Waals surface area contributed by atoms with Gasteiger partial charge in [-0.25, -0.2) is 4.79 Å². The van der Waals surface area contributed by atoms with Crippen LogP contribution < -0.4 is 16.4 Å². The van der Waals surface area contributed by atoms with Crippen LogP contribution in [0.2, 0.25) is 0 Å². The first-order valence-electron chi connectivity index (χ1n) is 11.7. The minimum absolute atomic E-state index is 0.0801. The van der Waals surface area contributed by atoms with Crippen LogP contribution in [-0.2, 0) is 9.53 Å². The Bertz CT molecular complexity index is 920. The number of amides is 1. The molecule has 1 aliphatic rings. The van der Waals surface area contributed by atoms with Crippen molar-refractivity contribution in [3.05, 3.63) is 59.2 Å². The molecule has 6 heteroatoms. The molecule has 2 aromatic carbocycles. The molecular formula is C26H35N3O3. The molecule has 1 saturated heterocycles. The highest BCUT2D eigenvalue weighted by Crippen LogP contribution is 2.42. The van der Waals surface area contributed by atoms with Crippen molar-refractivity contribution < 1.29 is 14.3 Å². The Morgan fingerprint density at radius 3 is 2.31 bits per heavy atom. The Kier molecular flexibility index (Phi) is 8.14. The molecule has 6 nitrogen and oxygen atoms in total. The number of carbonyl (C=O) groups excluding carboxylic acids is 2. The van der Waals surface area contributed by atoms with Gasteiger partial charge in [-0.3, -0.25) is 4.79 Å². The summed E-state index contributed by atoms with van der Waals surface area (Å²) >= 11 is 0. The number of piperidine rings is 1. The summed E-state index contributed by atoms with van der Waals surface area (Å²) in [5.41, 5.74) is 16.4. The highest BCUT2D eigenvalue weighted by molar-refractivity contribution is 5.90. The first-order chi connectivity index (χ1) is 15.5. The third kappa shape index (κ3) is 5.42. The van der Waals surface area contributed by atoms with Gasteiger partial charge in [0.2, 0.25) is 5.91 Å². The van der Waals surface area contributed by atoms with Crippen LogP contribution in [0.4, 0.5) is 11.4 Å². The number of carbonyl (C=O) groups is 2. The average molecular weight is 438 g/mol. The average Bonchev–Trinajstić information content (AvgIpc) is 2.80. The number of rotatable bonds is 9. The van der Waals surface area contributed by atoms with Gasteiger partial charge in [-0.05, 0) is 68.0 Å². The molecule has 0 aliphatic carbocycles. The van der Waals surface area contributed by atoms with Gasteiger partial charge in [-0.2, -0.15) is 0 Å². The molecule has 2 unspecified atom stereocenters. The van der Waals surface area contributed by atoms with Gasteiger partial charge in [0, 0.05) is 30.4 Å². The number of primary amides is 1. The highest BCUT2D eigenvalue weighted by Gasteiger charge is 2.32. The number of nitrogens with zero attached hydrogens (tertiary/aromatic N) is 1. The lowest BCUT2D eigenvalue weighted by Gasteiger charge is -2.34. The zero-order chi connectivity index (χ0) is 23.1. The predicted molar refractivity (Wildman–Crippen MR) is 129 cm³/mol. The number of esters is 1. The molecule has 0 radical (unpaired) electrons. The number of benzene rings is 2. The first kappa shape index (κ1) is 23.6. The SMILES string of the molecule is CCCC(c1ccc(N)cc1N1CCCCC1)C(C(N)=O)c1ccc(C(=O)OCC)cc1. The maximum atomic E-state index is 12.8. The molecular weight excluding hydrogens is 402 g/mol. The second-order valence-corrected chi connectivity index (χ2v) is 8.48. The summed E-state index contributed by atoms with van der Waals surface area (Å²) in [4.78, 5) is 27.2. The summed E-state index contributed by atoms with van der Waals surface area (Å²) in [7, 11) is 0. The zero-order valence-corrected chi connectivity index (χ0v) is 19.2. The molecule has 1 fully saturated rings. The van der Waals surface area contributed by atoms with Gasteiger partial charge < -0.3 is 21.1 Å². The van der Waals surface area contributed by atoms with Crippen molar-refractivity contribution in [1.82, 2.24) is 0 Å². The molecule has 1 aliphatic heterocycles. The standard InChI is InChI=1S/C26H35N3O3/c1-3-8-22(21-14-13-20(27)17-23(21)29-15-6-5-7-16-29)24(25(28)30)18-9-11-19(12-10-18)26(31)32-4-2/h9-14,17,22,24H,3-8,15-16,27H2,1-2H3,(H2,28,30). The minimum Gasteiger partial charge on any atom is -0.462 e. The summed E-state index contributed by atoms with van der Waals surface area (Å²) < 4.78 is 5.08. The maximum absolute atomic E-state index is 12.8. The van der Waals surface area contributed by atoms with E-state index in [1.807, 2.05) is 24.3 Å². The quantitative estimate of drug-likeness (QED) is 0.442. The van der Waals surface area contributed by atoms with E-state index in [-0.39, 0.29) is 17.8 Å². The van der Waals surface area contributed by atoms with Crippen LogP contribution in [0, 0.1) is 0 Å². The van der Waals surface area contributed by atoms with Crippen molar-refractivity contribution in [2.75, 3.05) is 30.3 Å². The van der Waals surface area contributed by atoms with Gasteiger partial charge in [-0.15, -0.1) is 0 Å². The summed E-state index contributed by atoms with van der Waals surface area (Å²) in [6, 6.07) is 13.1. The lowest BCUT2D eigenvalue weighted by Crippen LogP contribution is -2.32. The topological polar surface area (TPSA) is 98.6 Å². The minimum atomic E-state index is -0.502. The van der Waals surface area contributed by atoms with Crippen LogP contribution in [0.15, 0.2) is 42.5 Å². The summed E-state index contributed by atoms with van der Waals surface area (Å²) in [5.74, 6) is -1.32. The van der Waals surface area contributed by atoms with Gasteiger partial charge >= 0.3 is 5.97 Å². The Morgan fingerprint density at radius 2 is 1.72 bits per heavy atom. The molecule has 0 bridgehead atoms. The van der Waals surface area contributed by atoms with E-state index in [4.69, 9.17) is 16.2 Å².